The highest BCUT2D eigenvalue weighted by Crippen LogP contribution is 2.47. The van der Waals surface area contributed by atoms with Crippen LogP contribution in [-0.2, 0) is 11.3 Å². The molecule has 8 heteroatoms. The normalized spacial score (nSPS) is 16.7. The van der Waals surface area contributed by atoms with E-state index in [1.165, 1.54) is 33.5 Å². The Morgan fingerprint density at radius 1 is 0.973 bits per heavy atom. The predicted molar refractivity (Wildman–Crippen MR) is 138 cm³/mol. The molecule has 0 aliphatic carbocycles. The first-order chi connectivity index (χ1) is 17.9. The molecular weight excluding hydrogens is 475 g/mol. The van der Waals surface area contributed by atoms with E-state index in [2.05, 4.69) is 5.32 Å². The van der Waals surface area contributed by atoms with Crippen LogP contribution in [0.4, 0.5) is 4.39 Å². The highest BCUT2D eigenvalue weighted by atomic mass is 19.1. The lowest BCUT2D eigenvalue weighted by molar-refractivity contribution is -0.124. The van der Waals surface area contributed by atoms with Gasteiger partial charge in [-0.15, -0.1) is 0 Å². The highest BCUT2D eigenvalue weighted by Gasteiger charge is 2.44. The Morgan fingerprint density at radius 3 is 2.22 bits per heavy atom. The third-order valence-corrected chi connectivity index (χ3v) is 6.59. The Kier molecular flexibility index (Phi) is 7.96. The van der Waals surface area contributed by atoms with Crippen molar-refractivity contribution in [1.29, 1.82) is 0 Å². The summed E-state index contributed by atoms with van der Waals surface area (Å²) in [7, 11) is 4.58. The van der Waals surface area contributed by atoms with E-state index in [-0.39, 0.29) is 24.2 Å². The van der Waals surface area contributed by atoms with E-state index in [4.69, 9.17) is 14.2 Å². The van der Waals surface area contributed by atoms with Gasteiger partial charge in [-0.2, -0.15) is 0 Å². The molecule has 194 valence electrons. The zero-order chi connectivity index (χ0) is 26.5. The van der Waals surface area contributed by atoms with E-state index in [0.29, 0.717) is 46.9 Å². The Balaban J connectivity index is 1.83. The van der Waals surface area contributed by atoms with Crippen LogP contribution in [0.2, 0.25) is 0 Å². The number of carbonyl (C=O) groups is 2. The van der Waals surface area contributed by atoms with Crippen LogP contribution in [0.5, 0.6) is 17.2 Å². The Hall–Kier alpha value is -4.07. The summed E-state index contributed by atoms with van der Waals surface area (Å²) in [4.78, 5) is 29.3. The van der Waals surface area contributed by atoms with Crippen molar-refractivity contribution in [3.63, 3.8) is 0 Å². The molecule has 0 saturated heterocycles. The summed E-state index contributed by atoms with van der Waals surface area (Å²) in [6.07, 6.45) is 0.707. The number of ether oxygens (including phenoxy) is 3. The number of hydrogen-bond acceptors (Lipinski definition) is 5. The number of methoxy groups -OCH3 is 3. The lowest BCUT2D eigenvalue weighted by atomic mass is 9.79. The maximum absolute atomic E-state index is 13.9. The van der Waals surface area contributed by atoms with Crippen molar-refractivity contribution in [2.24, 2.45) is 0 Å². The first kappa shape index (κ1) is 26.0. The van der Waals surface area contributed by atoms with Gasteiger partial charge >= 0.3 is 0 Å². The van der Waals surface area contributed by atoms with Crippen LogP contribution in [0.15, 0.2) is 60.7 Å². The Morgan fingerprint density at radius 2 is 1.62 bits per heavy atom. The number of benzene rings is 3. The average molecular weight is 507 g/mol. The molecule has 7 nitrogen and oxygen atoms in total. The fraction of sp³-hybridized carbons (Fsp3) is 0.310. The van der Waals surface area contributed by atoms with Gasteiger partial charge in [0, 0.05) is 18.7 Å². The standard InChI is InChI=1S/C29H31FN2O5/c1-5-14-32-26(19-15-23(35-2)27(37-4)24(16-19)36-3)25(21-8-6-7-9-22(21)29(32)34)28(33)31-17-18-10-12-20(30)13-11-18/h6-13,15-16,25-26H,5,14,17H2,1-4H3,(H,31,33)/t25-,26-/m1/s1. The molecule has 0 fully saturated rings. The van der Waals surface area contributed by atoms with Crippen LogP contribution in [0.1, 0.15) is 52.4 Å². The summed E-state index contributed by atoms with van der Waals surface area (Å²) < 4.78 is 30.0. The van der Waals surface area contributed by atoms with Gasteiger partial charge < -0.3 is 24.4 Å². The van der Waals surface area contributed by atoms with Gasteiger partial charge in [-0.05, 0) is 53.4 Å². The molecular formula is C29H31FN2O5. The zero-order valence-electron chi connectivity index (χ0n) is 21.4. The van der Waals surface area contributed by atoms with Crippen molar-refractivity contribution in [2.45, 2.75) is 31.8 Å². The van der Waals surface area contributed by atoms with Gasteiger partial charge in [0.2, 0.25) is 11.7 Å². The monoisotopic (exact) mass is 506 g/mol. The summed E-state index contributed by atoms with van der Waals surface area (Å²) in [6, 6.07) is 16.1. The highest BCUT2D eigenvalue weighted by molar-refractivity contribution is 6.01. The summed E-state index contributed by atoms with van der Waals surface area (Å²) in [5, 5.41) is 3.00. The number of nitrogens with zero attached hydrogens (tertiary/aromatic N) is 1. The van der Waals surface area contributed by atoms with Crippen LogP contribution in [0.3, 0.4) is 0 Å². The lowest BCUT2D eigenvalue weighted by Gasteiger charge is -2.42. The fourth-order valence-electron chi connectivity index (χ4n) is 4.91. The van der Waals surface area contributed by atoms with E-state index in [1.54, 1.807) is 41.3 Å². The number of halogens is 1. The lowest BCUT2D eigenvalue weighted by Crippen LogP contribution is -2.47. The maximum Gasteiger partial charge on any atom is 0.254 e. The van der Waals surface area contributed by atoms with E-state index >= 15 is 0 Å². The number of amides is 2. The van der Waals surface area contributed by atoms with Gasteiger partial charge in [-0.25, -0.2) is 4.39 Å². The molecule has 0 aromatic heterocycles. The first-order valence-electron chi connectivity index (χ1n) is 12.1. The second kappa shape index (κ2) is 11.3. The van der Waals surface area contributed by atoms with Crippen molar-refractivity contribution in [1.82, 2.24) is 10.2 Å². The van der Waals surface area contributed by atoms with Crippen molar-refractivity contribution in [2.75, 3.05) is 27.9 Å². The van der Waals surface area contributed by atoms with Crippen LogP contribution < -0.4 is 19.5 Å². The second-order valence-electron chi connectivity index (χ2n) is 8.81. The third kappa shape index (κ3) is 5.09. The number of nitrogens with one attached hydrogen (secondary N) is 1. The van der Waals surface area contributed by atoms with Crippen LogP contribution >= 0.6 is 0 Å². The van der Waals surface area contributed by atoms with Crippen LogP contribution in [0.25, 0.3) is 0 Å². The van der Waals surface area contributed by atoms with Crippen LogP contribution in [0, 0.1) is 5.82 Å². The molecule has 3 aromatic carbocycles. The molecule has 0 unspecified atom stereocenters. The van der Waals surface area contributed by atoms with Crippen molar-refractivity contribution < 1.29 is 28.2 Å². The van der Waals surface area contributed by atoms with Crippen molar-refractivity contribution >= 4 is 11.8 Å². The largest absolute Gasteiger partial charge is 0.493 e. The van der Waals surface area contributed by atoms with Gasteiger partial charge in [-0.3, -0.25) is 9.59 Å². The second-order valence-corrected chi connectivity index (χ2v) is 8.81. The minimum Gasteiger partial charge on any atom is -0.493 e. The van der Waals surface area contributed by atoms with Gasteiger partial charge in [0.1, 0.15) is 5.82 Å². The van der Waals surface area contributed by atoms with Gasteiger partial charge in [0.05, 0.1) is 33.3 Å². The molecule has 2 amide bonds. The smallest absolute Gasteiger partial charge is 0.254 e. The summed E-state index contributed by atoms with van der Waals surface area (Å²) in [5.41, 5.74) is 2.61. The van der Waals surface area contributed by atoms with Gasteiger partial charge in [0.15, 0.2) is 11.5 Å². The molecule has 0 saturated carbocycles. The molecule has 4 rings (SSSR count). The molecule has 1 N–H and O–H groups in total. The predicted octanol–water partition coefficient (Wildman–Crippen LogP) is 4.86. The van der Waals surface area contributed by atoms with E-state index in [1.807, 2.05) is 19.1 Å². The summed E-state index contributed by atoms with van der Waals surface area (Å²) in [5.74, 6) is -0.134. The molecule has 3 aromatic rings. The minimum absolute atomic E-state index is 0.140. The molecule has 1 heterocycles. The number of hydrogen-bond donors (Lipinski definition) is 1. The fourth-order valence-corrected chi connectivity index (χ4v) is 4.91. The third-order valence-electron chi connectivity index (χ3n) is 6.59. The SMILES string of the molecule is CCCN1C(=O)c2ccccc2[C@@H](C(=O)NCc2ccc(F)cc2)[C@H]1c1cc(OC)c(OC)c(OC)c1. The van der Waals surface area contributed by atoms with E-state index in [0.717, 1.165) is 5.56 Å². The summed E-state index contributed by atoms with van der Waals surface area (Å²) in [6.45, 7) is 2.67. The van der Waals surface area contributed by atoms with E-state index in [9.17, 15) is 14.0 Å². The number of rotatable bonds is 9. The molecule has 1 aliphatic heterocycles. The Bertz CT molecular complexity index is 1250. The van der Waals surface area contributed by atoms with Crippen LogP contribution in [-0.4, -0.2) is 44.6 Å². The average Bonchev–Trinajstić information content (AvgIpc) is 2.93. The molecule has 0 radical (unpaired) electrons. The number of carbonyl (C=O) groups excluding carboxylic acids is 2. The Labute approximate surface area is 216 Å². The topological polar surface area (TPSA) is 77.1 Å². The molecule has 0 spiro atoms. The first-order valence-corrected chi connectivity index (χ1v) is 12.1. The molecule has 0 bridgehead atoms. The molecule has 1 aliphatic rings. The van der Waals surface area contributed by atoms with Gasteiger partial charge in [-0.1, -0.05) is 37.3 Å². The summed E-state index contributed by atoms with van der Waals surface area (Å²) >= 11 is 0. The maximum atomic E-state index is 13.9. The minimum atomic E-state index is -0.705. The van der Waals surface area contributed by atoms with Crippen molar-refractivity contribution in [3.8, 4) is 17.2 Å². The zero-order valence-corrected chi connectivity index (χ0v) is 21.4. The van der Waals surface area contributed by atoms with Gasteiger partial charge in [0.25, 0.3) is 5.91 Å². The molecule has 2 atom stereocenters. The van der Waals surface area contributed by atoms with Crippen molar-refractivity contribution in [3.05, 3.63) is 88.7 Å². The van der Waals surface area contributed by atoms with E-state index < -0.39 is 12.0 Å². The molecule has 37 heavy (non-hydrogen) atoms. The number of fused-ring (bicyclic) bond motifs is 1. The quantitative estimate of drug-likeness (QED) is 0.449.